The van der Waals surface area contributed by atoms with Gasteiger partial charge in [-0.25, -0.2) is 0 Å². The lowest BCUT2D eigenvalue weighted by atomic mass is 12.0. The second kappa shape index (κ2) is 221. The summed E-state index contributed by atoms with van der Waals surface area (Å²) in [6.45, 7) is 0. The topological polar surface area (TPSA) is 0 Å². The highest BCUT2D eigenvalue weighted by Crippen LogP contribution is 2.77. The molecule has 0 heterocycles. The van der Waals surface area contributed by atoms with E-state index >= 15 is 0 Å². The molecule has 896 valence electrons. The Morgan fingerprint density at radius 3 is 0.0822 bits per heavy atom. The predicted octanol–water partition coefficient (Wildman–Crippen LogP) is 92.4. The number of thiol groups is 8. The minimum absolute atomic E-state index is 0. The van der Waals surface area contributed by atoms with Crippen molar-refractivity contribution in [2.75, 3.05) is 0 Å². The van der Waals surface area contributed by atoms with Gasteiger partial charge in [-0.3, -0.25) is 0 Å². The molecule has 0 aliphatic heterocycles. The SMILES string of the molecule is C.C.C.C.C.C.SSSSSSSSSSSSSSSSSSSSSSSSSSSSSSSSSSS.SSSSSSSSSSSSSSSSSSSSSSSSSSSSSSSSSSS.SSSSSSSSSSSSSSSSSSSSSSSSSSSSSSSSSSS.SSSSSSSSSSSSSSSSSSSSSSSSSSSSSSSSSSS. The Hall–Kier alpha value is 49.0. The third-order valence-corrected chi connectivity index (χ3v) is 290. The maximum absolute atomic E-state index is 4.08. The summed E-state index contributed by atoms with van der Waals surface area (Å²) in [6, 6.07) is 0. The van der Waals surface area contributed by atoms with Crippen LogP contribution in [0.25, 0.3) is 0 Å². The van der Waals surface area contributed by atoms with Gasteiger partial charge in [-0.05, 0) is 629 Å². The van der Waals surface area contributed by atoms with Crippen LogP contribution in [0.5, 0.6) is 0 Å². The second-order valence-corrected chi connectivity index (χ2v) is 244. The first kappa shape index (κ1) is 214. The molecule has 0 spiro atoms. The van der Waals surface area contributed by atoms with E-state index in [1.165, 1.54) is 78.6 Å². The molecule has 0 aromatic carbocycles. The molecule has 0 radical (unpaired) electrons. The molecule has 0 unspecified atom stereocenters. The van der Waals surface area contributed by atoms with Gasteiger partial charge in [0.2, 0.25) is 0 Å². The van der Waals surface area contributed by atoms with Crippen molar-refractivity contribution in [1.82, 2.24) is 0 Å². The molecule has 0 aliphatic rings. The summed E-state index contributed by atoms with van der Waals surface area (Å²) in [7, 11) is 235. The lowest BCUT2D eigenvalue weighted by Gasteiger charge is -1.99. The van der Waals surface area contributed by atoms with Crippen LogP contribution >= 0.6 is 1390 Å². The van der Waals surface area contributed by atoms with E-state index in [0.717, 1.165) is 0 Å². The van der Waals surface area contributed by atoms with Gasteiger partial charge in [-0.2, -0.15) is 0 Å². The van der Waals surface area contributed by atoms with Crippen LogP contribution in [0.1, 0.15) is 44.6 Å². The van der Waals surface area contributed by atoms with Crippen LogP contribution in [0.15, 0.2) is 0 Å². The monoisotopic (exact) mass is 4580 g/mol. The molecule has 0 fully saturated rings. The molecule has 140 heteroatoms. The summed E-state index contributed by atoms with van der Waals surface area (Å²) < 4.78 is 0. The first-order valence-electron chi connectivity index (χ1n) is 22.8. The molecule has 0 saturated carbocycles. The van der Waals surface area contributed by atoms with Crippen LogP contribution < -0.4 is 0 Å². The highest BCUT2D eigenvalue weighted by molar-refractivity contribution is 9.71. The molecule has 0 bridgehead atoms. The van der Waals surface area contributed by atoms with Gasteiger partial charge in [-0.1, -0.05) is 138 Å². The quantitative estimate of drug-likeness (QED) is 0.0165. The lowest BCUT2D eigenvalue weighted by Crippen LogP contribution is -1.34. The molecule has 0 aromatic heterocycles. The van der Waals surface area contributed by atoms with Crippen LogP contribution in [0, 0.1) is 0 Å². The highest BCUT2D eigenvalue weighted by atomic mass is 34.2. The van der Waals surface area contributed by atoms with E-state index < -0.39 is 0 Å². The lowest BCUT2D eigenvalue weighted by molar-refractivity contribution is 2.50. The predicted molar refractivity (Wildman–Crippen MR) is 1110 cm³/mol. The third kappa shape index (κ3) is 227. The van der Waals surface area contributed by atoms with Crippen molar-refractivity contribution in [3.63, 3.8) is 0 Å². The summed E-state index contributed by atoms with van der Waals surface area (Å²) in [5.74, 6) is 0. The fraction of sp³-hybridized carbons (Fsp3) is 1.00. The molecule has 0 amide bonds. The van der Waals surface area contributed by atoms with Crippen molar-refractivity contribution in [2.45, 2.75) is 44.6 Å². The Balaban J connectivity index is -0.000000208. The summed E-state index contributed by atoms with van der Waals surface area (Å²) in [5.41, 5.74) is 0. The fourth-order valence-corrected chi connectivity index (χ4v) is 344. The second-order valence-electron chi connectivity index (χ2n) is 9.03. The van der Waals surface area contributed by atoms with E-state index in [0.29, 0.717) is 0 Å². The Labute approximate surface area is 1390 Å². The average molecular weight is 4590 g/mol. The van der Waals surface area contributed by atoms with Crippen molar-refractivity contribution in [3.05, 3.63) is 0 Å². The fourth-order valence-electron chi connectivity index (χ4n) is 1.41. The van der Waals surface area contributed by atoms with Crippen LogP contribution in [-0.4, -0.2) is 0 Å². The standard InChI is InChI=1S/6CH4.4H2S35/c;;;;;;4*1-3-5-7-9-11-13-15-17-19-21-23-25-27-29-31-33-35-34-32-30-28-26-24-22-20-18-16-14-12-10-8-6-4-2/h6*1H4;4*1-2H. The normalized spacial score (nSPS) is 11.0. The van der Waals surface area contributed by atoms with Gasteiger partial charge in [0.1, 0.15) is 0 Å². The van der Waals surface area contributed by atoms with Crippen LogP contribution in [0.3, 0.4) is 0 Å². The van der Waals surface area contributed by atoms with E-state index in [1.54, 1.807) is 393 Å². The molecule has 0 aromatic rings. The zero-order valence-electron chi connectivity index (χ0n) is 57.5. The number of hydrogen-bond acceptors (Lipinski definition) is 140. The molecule has 0 N–H and O–H groups in total. The minimum Gasteiger partial charge on any atom is -0.0988 e. The Bertz CT molecular complexity index is 1500. The zero-order valence-corrected chi connectivity index (χ0v) is 172. The van der Waals surface area contributed by atoms with Crippen LogP contribution in [0.2, 0.25) is 0 Å². The molecule has 0 saturated heterocycles. The van der Waals surface area contributed by atoms with Crippen molar-refractivity contribution in [3.8, 4) is 0 Å². The van der Waals surface area contributed by atoms with Crippen molar-refractivity contribution >= 4 is 1390 Å². The Morgan fingerprint density at radius 2 is 0.0616 bits per heavy atom. The largest absolute Gasteiger partial charge is 0.0988 e. The summed E-state index contributed by atoms with van der Waals surface area (Å²) in [6.07, 6.45) is 0. The molecule has 0 rings (SSSR count). The van der Waals surface area contributed by atoms with E-state index in [9.17, 15) is 0 Å². The first-order chi connectivity index (χ1) is 69.7. The zero-order chi connectivity index (χ0) is 101. The maximum atomic E-state index is 4.08. The van der Waals surface area contributed by atoms with Gasteiger partial charge in [0.15, 0.2) is 0 Å². The van der Waals surface area contributed by atoms with Crippen molar-refractivity contribution in [2.24, 2.45) is 0 Å². The summed E-state index contributed by atoms with van der Waals surface area (Å²) in [5, 5.41) is 0. The Kier molecular flexibility index (Phi) is 324. The molecular formula is C6H32S140. The van der Waals surface area contributed by atoms with Gasteiger partial charge in [0.25, 0.3) is 0 Å². The smallest absolute Gasteiger partial charge is 0 e. The molecule has 146 heavy (non-hydrogen) atoms. The van der Waals surface area contributed by atoms with Crippen LogP contribution in [0.4, 0.5) is 0 Å². The number of rotatable bonds is 128. The molecule has 0 aliphatic carbocycles. The average Bonchev–Trinajstić information content (AvgIpc) is 1.11. The van der Waals surface area contributed by atoms with Gasteiger partial charge < -0.3 is 0 Å². The van der Waals surface area contributed by atoms with Crippen molar-refractivity contribution in [1.29, 1.82) is 0 Å². The Morgan fingerprint density at radius 1 is 0.0411 bits per heavy atom. The third-order valence-electron chi connectivity index (χ3n) is 3.58. The summed E-state index contributed by atoms with van der Waals surface area (Å²) in [4.78, 5) is 0. The molecular weight excluding hydrogens is 4560 g/mol. The molecule has 0 nitrogen and oxygen atoms in total. The van der Waals surface area contributed by atoms with Gasteiger partial charge >= 0.3 is 0 Å². The van der Waals surface area contributed by atoms with E-state index in [4.69, 9.17) is 0 Å². The van der Waals surface area contributed by atoms with Gasteiger partial charge in [0, 0.05) is 668 Å². The van der Waals surface area contributed by atoms with E-state index in [1.807, 2.05) is 825 Å². The van der Waals surface area contributed by atoms with Gasteiger partial charge in [0.05, 0.1) is 0 Å². The summed E-state index contributed by atoms with van der Waals surface area (Å²) >= 11 is 32.6. The first-order valence-corrected chi connectivity index (χ1v) is 205. The molecule has 0 atom stereocenters. The van der Waals surface area contributed by atoms with E-state index in [-0.39, 0.29) is 44.6 Å². The number of hydrogen-bond donors (Lipinski definition) is 8. The maximum Gasteiger partial charge on any atom is 0 e. The van der Waals surface area contributed by atoms with Crippen molar-refractivity contribution < 1.29 is 0 Å². The van der Waals surface area contributed by atoms with E-state index in [2.05, 4.69) is 93.3 Å². The van der Waals surface area contributed by atoms with Crippen LogP contribution in [-0.2, 0) is 0 Å². The van der Waals surface area contributed by atoms with Gasteiger partial charge in [-0.15, -0.1) is 0 Å². The minimum atomic E-state index is 0. The highest BCUT2D eigenvalue weighted by Gasteiger charge is 2.12.